The van der Waals surface area contributed by atoms with E-state index in [1.165, 1.54) is 173 Å². The highest BCUT2D eigenvalue weighted by Gasteiger charge is 2.24. The molecule has 2 nitrogen and oxygen atoms in total. The van der Waals surface area contributed by atoms with Gasteiger partial charge in [-0.15, -0.1) is 0 Å². The number of nitrogens with zero attached hydrogens (tertiary/aromatic N) is 2. The average Bonchev–Trinajstić information content (AvgIpc) is 4.03. The number of aryl methyl sites for hydroxylation is 2. The van der Waals surface area contributed by atoms with Gasteiger partial charge >= 0.3 is 0 Å². The molecule has 0 amide bonds. The molecule has 2 heteroatoms. The SMILES string of the molecule is CCCCCCc1ccccc1-c1cc(-c2ccc3c4ccc(C(C)(C)C)cc4n(-c4ccccc4)c3c2)c(-c2ccccc2CCCCCC)cc1-c1ccc2c3ccc(C(C)(C)C)cc3n(-c3ccccc3)c2c1. The molecule has 0 aliphatic carbocycles. The van der Waals surface area contributed by atoms with Gasteiger partial charge in [0.1, 0.15) is 0 Å². The van der Waals surface area contributed by atoms with Crippen LogP contribution in [0.15, 0.2) is 194 Å². The van der Waals surface area contributed by atoms with E-state index >= 15 is 0 Å². The lowest BCUT2D eigenvalue weighted by Crippen LogP contribution is -2.10. The fourth-order valence-electron chi connectivity index (χ4n) is 12.0. The molecule has 0 bridgehead atoms. The Hall–Kier alpha value is -7.42. The lowest BCUT2D eigenvalue weighted by molar-refractivity contribution is 0.590. The molecule has 0 spiro atoms. The van der Waals surface area contributed by atoms with Gasteiger partial charge in [0.15, 0.2) is 0 Å². The van der Waals surface area contributed by atoms with Crippen LogP contribution in [0.1, 0.15) is 129 Å². The molecule has 2 aromatic heterocycles. The maximum Gasteiger partial charge on any atom is 0.0547 e. The molecule has 382 valence electrons. The number of aromatic nitrogens is 2. The Kier molecular flexibility index (Phi) is 14.2. The molecule has 0 fully saturated rings. The molecule has 0 N–H and O–H groups in total. The zero-order valence-corrected chi connectivity index (χ0v) is 46.4. The highest BCUT2D eigenvalue weighted by Crippen LogP contribution is 2.47. The Balaban J connectivity index is 1.22. The van der Waals surface area contributed by atoms with E-state index in [9.17, 15) is 0 Å². The zero-order valence-electron chi connectivity index (χ0n) is 46.4. The number of para-hydroxylation sites is 2. The van der Waals surface area contributed by atoms with Crippen LogP contribution >= 0.6 is 0 Å². The highest BCUT2D eigenvalue weighted by molar-refractivity contribution is 6.13. The van der Waals surface area contributed by atoms with Crippen molar-refractivity contribution in [2.75, 3.05) is 0 Å². The number of benzene rings is 9. The van der Waals surface area contributed by atoms with Crippen molar-refractivity contribution < 1.29 is 0 Å². The molecule has 0 aliphatic heterocycles. The van der Waals surface area contributed by atoms with E-state index in [-0.39, 0.29) is 10.8 Å². The fourth-order valence-corrected chi connectivity index (χ4v) is 12.0. The van der Waals surface area contributed by atoms with Crippen LogP contribution in [0.25, 0.3) is 99.5 Å². The molecule has 0 atom stereocenters. The number of fused-ring (bicyclic) bond motifs is 6. The van der Waals surface area contributed by atoms with E-state index < -0.39 is 0 Å². The quantitative estimate of drug-likeness (QED) is 0.0854. The molecule has 0 saturated heterocycles. The third kappa shape index (κ3) is 9.84. The van der Waals surface area contributed by atoms with E-state index in [4.69, 9.17) is 0 Å². The molecular formula is C74H76N2. The van der Waals surface area contributed by atoms with Crippen LogP contribution < -0.4 is 0 Å². The molecule has 2 heterocycles. The molecule has 11 aromatic rings. The highest BCUT2D eigenvalue weighted by atomic mass is 15.0. The van der Waals surface area contributed by atoms with Gasteiger partial charge in [-0.2, -0.15) is 0 Å². The maximum atomic E-state index is 2.59. The van der Waals surface area contributed by atoms with E-state index in [0.717, 1.165) is 12.8 Å². The lowest BCUT2D eigenvalue weighted by Gasteiger charge is -2.22. The summed E-state index contributed by atoms with van der Waals surface area (Å²) in [4.78, 5) is 0. The van der Waals surface area contributed by atoms with Gasteiger partial charge in [0.2, 0.25) is 0 Å². The summed E-state index contributed by atoms with van der Waals surface area (Å²) in [6.45, 7) is 18.5. The molecule has 76 heavy (non-hydrogen) atoms. The molecule has 0 radical (unpaired) electrons. The number of hydrogen-bond acceptors (Lipinski definition) is 0. The van der Waals surface area contributed by atoms with Crippen LogP contribution in [0.4, 0.5) is 0 Å². The van der Waals surface area contributed by atoms with Crippen LogP contribution in [0.2, 0.25) is 0 Å². The number of rotatable bonds is 16. The van der Waals surface area contributed by atoms with Crippen molar-refractivity contribution >= 4 is 43.6 Å². The summed E-state index contributed by atoms with van der Waals surface area (Å²) in [6.07, 6.45) is 11.9. The largest absolute Gasteiger partial charge is 0.309 e. The van der Waals surface area contributed by atoms with Gasteiger partial charge in [-0.3, -0.25) is 0 Å². The minimum absolute atomic E-state index is 0.0129. The lowest BCUT2D eigenvalue weighted by atomic mass is 9.82. The monoisotopic (exact) mass is 993 g/mol. The summed E-state index contributed by atoms with van der Waals surface area (Å²) < 4.78 is 5.02. The first-order valence-electron chi connectivity index (χ1n) is 28.5. The summed E-state index contributed by atoms with van der Waals surface area (Å²) in [7, 11) is 0. The van der Waals surface area contributed by atoms with E-state index in [1.54, 1.807) is 0 Å². The van der Waals surface area contributed by atoms with Crippen LogP contribution in [0, 0.1) is 0 Å². The second kappa shape index (κ2) is 21.3. The minimum atomic E-state index is 0.0129. The van der Waals surface area contributed by atoms with Crippen LogP contribution in [-0.4, -0.2) is 9.13 Å². The molecule has 0 unspecified atom stereocenters. The minimum Gasteiger partial charge on any atom is -0.309 e. The van der Waals surface area contributed by atoms with Crippen molar-refractivity contribution in [3.8, 4) is 55.9 Å². The van der Waals surface area contributed by atoms with Gasteiger partial charge in [-0.25, -0.2) is 0 Å². The van der Waals surface area contributed by atoms with Crippen molar-refractivity contribution in [2.45, 2.75) is 130 Å². The third-order valence-corrected chi connectivity index (χ3v) is 16.3. The Morgan fingerprint density at radius 3 is 1.04 bits per heavy atom. The first-order chi connectivity index (χ1) is 36.9. The molecule has 0 saturated carbocycles. The van der Waals surface area contributed by atoms with Crippen molar-refractivity contribution in [1.29, 1.82) is 0 Å². The van der Waals surface area contributed by atoms with Crippen molar-refractivity contribution in [3.05, 3.63) is 216 Å². The molecule has 9 aromatic carbocycles. The fraction of sp³-hybridized carbons (Fsp3) is 0.270. The first-order valence-corrected chi connectivity index (χ1v) is 28.5. The maximum absolute atomic E-state index is 2.59. The van der Waals surface area contributed by atoms with Crippen LogP contribution in [0.3, 0.4) is 0 Å². The van der Waals surface area contributed by atoms with Gasteiger partial charge in [0.25, 0.3) is 0 Å². The topological polar surface area (TPSA) is 9.86 Å². The van der Waals surface area contributed by atoms with Crippen molar-refractivity contribution in [1.82, 2.24) is 9.13 Å². The molecule has 0 aliphatic rings. The number of unbranched alkanes of at least 4 members (excludes halogenated alkanes) is 6. The molecule has 11 rings (SSSR count). The van der Waals surface area contributed by atoms with E-state index in [2.05, 4.69) is 259 Å². The first kappa shape index (κ1) is 50.7. The standard InChI is InChI=1S/C74H76N2/c1-9-11-13-17-27-51-29-23-25-35-59(51)67-49-66(54-38-42-62-64-44-40-56(74(6,7)8)48-72(64)76(70(62)46-54)58-33-21-16-22-34-58)68(60-36-26-24-30-52(60)28-18-14-12-10-2)50-65(67)53-37-41-61-63-43-39-55(73(3,4)5)47-71(63)75(69(61)45-53)57-31-19-15-20-32-57/h15-16,19-26,29-50H,9-14,17-18,27-28H2,1-8H3. The van der Waals surface area contributed by atoms with E-state index in [1.807, 2.05) is 0 Å². The Bertz CT molecular complexity index is 3590. The van der Waals surface area contributed by atoms with Gasteiger partial charge in [0.05, 0.1) is 22.1 Å². The summed E-state index contributed by atoms with van der Waals surface area (Å²) in [5.41, 5.74) is 23.0. The number of hydrogen-bond donors (Lipinski definition) is 0. The Morgan fingerprint density at radius 2 is 0.658 bits per heavy atom. The summed E-state index contributed by atoms with van der Waals surface area (Å²) in [6, 6.07) is 74.6. The zero-order chi connectivity index (χ0) is 52.6. The van der Waals surface area contributed by atoms with E-state index in [0.29, 0.717) is 0 Å². The smallest absolute Gasteiger partial charge is 0.0547 e. The van der Waals surface area contributed by atoms with Gasteiger partial charge in [0, 0.05) is 32.9 Å². The normalized spacial score (nSPS) is 12.2. The summed E-state index contributed by atoms with van der Waals surface area (Å²) >= 11 is 0. The van der Waals surface area contributed by atoms with Crippen molar-refractivity contribution in [2.24, 2.45) is 0 Å². The Morgan fingerprint density at radius 1 is 0.303 bits per heavy atom. The predicted octanol–water partition coefficient (Wildman–Crippen LogP) is 21.4. The van der Waals surface area contributed by atoms with Gasteiger partial charge < -0.3 is 9.13 Å². The third-order valence-electron chi connectivity index (χ3n) is 16.3. The summed E-state index contributed by atoms with van der Waals surface area (Å²) in [5.74, 6) is 0. The average molecular weight is 993 g/mol. The Labute approximate surface area is 453 Å². The van der Waals surface area contributed by atoms with Gasteiger partial charge in [-0.05, 0) is 164 Å². The van der Waals surface area contributed by atoms with Crippen molar-refractivity contribution in [3.63, 3.8) is 0 Å². The predicted molar refractivity (Wildman–Crippen MR) is 330 cm³/mol. The van der Waals surface area contributed by atoms with Gasteiger partial charge in [-0.1, -0.05) is 227 Å². The molecular weight excluding hydrogens is 917 g/mol. The van der Waals surface area contributed by atoms with Crippen LogP contribution in [-0.2, 0) is 23.7 Å². The summed E-state index contributed by atoms with van der Waals surface area (Å²) in [5, 5.41) is 5.10. The van der Waals surface area contributed by atoms with Crippen LogP contribution in [0.5, 0.6) is 0 Å². The second-order valence-corrected chi connectivity index (χ2v) is 23.6. The second-order valence-electron chi connectivity index (χ2n) is 23.6.